The zero-order chi connectivity index (χ0) is 16.4. The van der Waals surface area contributed by atoms with Crippen LogP contribution in [0.15, 0.2) is 46.9 Å². The number of amides is 1. The number of aryl methyl sites for hydroxylation is 2. The minimum absolute atomic E-state index is 0.0880. The fraction of sp³-hybridized carbons (Fsp3) is 0.118. The lowest BCUT2D eigenvalue weighted by Gasteiger charge is -2.06. The number of benzene rings is 2. The van der Waals surface area contributed by atoms with Crippen LogP contribution >= 0.6 is 11.6 Å². The van der Waals surface area contributed by atoms with E-state index >= 15 is 0 Å². The molecule has 0 aliphatic carbocycles. The van der Waals surface area contributed by atoms with Crippen LogP contribution < -0.4 is 5.32 Å². The zero-order valence-electron chi connectivity index (χ0n) is 12.6. The maximum atomic E-state index is 12.2. The molecule has 0 radical (unpaired) electrons. The largest absolute Gasteiger partial charge is 0.412 e. The summed E-state index contributed by atoms with van der Waals surface area (Å²) in [6.07, 6.45) is 0. The van der Waals surface area contributed by atoms with Gasteiger partial charge in [-0.3, -0.25) is 4.79 Å². The van der Waals surface area contributed by atoms with Crippen LogP contribution in [0.25, 0.3) is 11.5 Å². The van der Waals surface area contributed by atoms with Crippen LogP contribution in [0.1, 0.15) is 21.8 Å². The molecule has 1 amide bonds. The first-order valence-electron chi connectivity index (χ1n) is 7.01. The molecule has 3 aromatic rings. The number of carbonyl (C=O) groups excluding carboxylic acids is 1. The Morgan fingerprint density at radius 2 is 1.83 bits per heavy atom. The maximum Gasteiger partial charge on any atom is 0.313 e. The van der Waals surface area contributed by atoms with E-state index in [1.165, 1.54) is 0 Å². The van der Waals surface area contributed by atoms with Crippen molar-refractivity contribution in [1.29, 1.82) is 0 Å². The SMILES string of the molecule is Cc1ccc(-c2nnc(C(=O)Nc3ccc(Cl)cc3C)o2)cc1. The van der Waals surface area contributed by atoms with Crippen molar-refractivity contribution in [2.24, 2.45) is 0 Å². The lowest BCUT2D eigenvalue weighted by molar-refractivity contribution is 0.0990. The van der Waals surface area contributed by atoms with Crippen LogP contribution in [-0.4, -0.2) is 16.1 Å². The maximum absolute atomic E-state index is 12.2. The summed E-state index contributed by atoms with van der Waals surface area (Å²) in [5, 5.41) is 11.1. The Hall–Kier alpha value is -2.66. The molecule has 0 bridgehead atoms. The lowest BCUT2D eigenvalue weighted by atomic mass is 10.1. The summed E-state index contributed by atoms with van der Waals surface area (Å²) < 4.78 is 5.45. The van der Waals surface area contributed by atoms with Crippen molar-refractivity contribution in [1.82, 2.24) is 10.2 Å². The molecule has 1 heterocycles. The molecular weight excluding hydrogens is 314 g/mol. The van der Waals surface area contributed by atoms with E-state index in [1.807, 2.05) is 38.1 Å². The third kappa shape index (κ3) is 3.40. The van der Waals surface area contributed by atoms with E-state index in [0.717, 1.165) is 16.7 Å². The highest BCUT2D eigenvalue weighted by Gasteiger charge is 2.16. The predicted molar refractivity (Wildman–Crippen MR) is 88.6 cm³/mol. The van der Waals surface area contributed by atoms with Crippen LogP contribution in [-0.2, 0) is 0 Å². The van der Waals surface area contributed by atoms with Crippen molar-refractivity contribution in [3.63, 3.8) is 0 Å². The first kappa shape index (κ1) is 15.2. The van der Waals surface area contributed by atoms with E-state index in [0.29, 0.717) is 16.6 Å². The third-order valence-corrected chi connectivity index (χ3v) is 3.59. The second-order valence-electron chi connectivity index (χ2n) is 5.19. The Labute approximate surface area is 138 Å². The molecule has 0 unspecified atom stereocenters. The van der Waals surface area contributed by atoms with E-state index in [2.05, 4.69) is 15.5 Å². The third-order valence-electron chi connectivity index (χ3n) is 3.35. The monoisotopic (exact) mass is 327 g/mol. The molecule has 0 spiro atoms. The number of carbonyl (C=O) groups is 1. The van der Waals surface area contributed by atoms with E-state index in [4.69, 9.17) is 16.0 Å². The quantitative estimate of drug-likeness (QED) is 0.780. The average Bonchev–Trinajstić information content (AvgIpc) is 3.01. The molecule has 0 fully saturated rings. The molecule has 1 aromatic heterocycles. The summed E-state index contributed by atoms with van der Waals surface area (Å²) in [4.78, 5) is 12.2. The number of nitrogens with zero attached hydrogens (tertiary/aromatic N) is 2. The van der Waals surface area contributed by atoms with Gasteiger partial charge < -0.3 is 9.73 Å². The Kier molecular flexibility index (Phi) is 4.12. The van der Waals surface area contributed by atoms with Gasteiger partial charge >= 0.3 is 11.8 Å². The van der Waals surface area contributed by atoms with E-state index in [9.17, 15) is 4.79 Å². The number of anilines is 1. The Balaban J connectivity index is 1.79. The molecule has 116 valence electrons. The molecule has 3 rings (SSSR count). The summed E-state index contributed by atoms with van der Waals surface area (Å²) >= 11 is 5.90. The number of hydrogen-bond acceptors (Lipinski definition) is 4. The molecule has 0 saturated heterocycles. The Morgan fingerprint density at radius 1 is 1.09 bits per heavy atom. The molecule has 0 atom stereocenters. The van der Waals surface area contributed by atoms with Gasteiger partial charge in [0, 0.05) is 16.3 Å². The van der Waals surface area contributed by atoms with Gasteiger partial charge in [-0.1, -0.05) is 29.3 Å². The van der Waals surface area contributed by atoms with Gasteiger partial charge in [0.25, 0.3) is 0 Å². The average molecular weight is 328 g/mol. The molecule has 5 nitrogen and oxygen atoms in total. The summed E-state index contributed by atoms with van der Waals surface area (Å²) in [6.45, 7) is 3.85. The standard InChI is InChI=1S/C17H14ClN3O2/c1-10-3-5-12(6-4-10)16-20-21-17(23-16)15(22)19-14-8-7-13(18)9-11(14)2/h3-9H,1-2H3,(H,19,22). The smallest absolute Gasteiger partial charge is 0.313 e. The van der Waals surface area contributed by atoms with Gasteiger partial charge in [0.05, 0.1) is 0 Å². The van der Waals surface area contributed by atoms with Crippen molar-refractivity contribution >= 4 is 23.2 Å². The summed E-state index contributed by atoms with van der Waals surface area (Å²) in [6, 6.07) is 12.8. The summed E-state index contributed by atoms with van der Waals surface area (Å²) in [5.41, 5.74) is 3.40. The number of hydrogen-bond donors (Lipinski definition) is 1. The van der Waals surface area contributed by atoms with Crippen LogP contribution in [0.2, 0.25) is 5.02 Å². The normalized spacial score (nSPS) is 10.6. The first-order valence-corrected chi connectivity index (χ1v) is 7.39. The molecule has 23 heavy (non-hydrogen) atoms. The first-order chi connectivity index (χ1) is 11.0. The highest BCUT2D eigenvalue weighted by atomic mass is 35.5. The van der Waals surface area contributed by atoms with Gasteiger partial charge in [-0.05, 0) is 49.7 Å². The Morgan fingerprint density at radius 3 is 2.52 bits per heavy atom. The van der Waals surface area contributed by atoms with Crippen LogP contribution in [0, 0.1) is 13.8 Å². The van der Waals surface area contributed by atoms with E-state index in [1.54, 1.807) is 18.2 Å². The molecule has 0 aliphatic heterocycles. The van der Waals surface area contributed by atoms with Gasteiger partial charge in [-0.2, -0.15) is 0 Å². The number of aromatic nitrogens is 2. The van der Waals surface area contributed by atoms with Crippen LogP contribution in [0.4, 0.5) is 5.69 Å². The number of halogens is 1. The number of rotatable bonds is 3. The highest BCUT2D eigenvalue weighted by molar-refractivity contribution is 6.30. The second-order valence-corrected chi connectivity index (χ2v) is 5.63. The van der Waals surface area contributed by atoms with Crippen molar-refractivity contribution in [3.8, 4) is 11.5 Å². The van der Waals surface area contributed by atoms with E-state index < -0.39 is 5.91 Å². The van der Waals surface area contributed by atoms with Gasteiger partial charge in [0.2, 0.25) is 5.89 Å². The fourth-order valence-corrected chi connectivity index (χ4v) is 2.30. The van der Waals surface area contributed by atoms with Crippen LogP contribution in [0.5, 0.6) is 0 Å². The van der Waals surface area contributed by atoms with Gasteiger partial charge in [-0.25, -0.2) is 0 Å². The Bertz CT molecular complexity index is 857. The topological polar surface area (TPSA) is 68.0 Å². The van der Waals surface area contributed by atoms with Gasteiger partial charge in [-0.15, -0.1) is 10.2 Å². The minimum atomic E-state index is -0.457. The zero-order valence-corrected chi connectivity index (χ0v) is 13.4. The van der Waals surface area contributed by atoms with Crippen molar-refractivity contribution < 1.29 is 9.21 Å². The number of nitrogens with one attached hydrogen (secondary N) is 1. The molecular formula is C17H14ClN3O2. The summed E-state index contributed by atoms with van der Waals surface area (Å²) in [7, 11) is 0. The molecule has 0 aliphatic rings. The second kappa shape index (κ2) is 6.22. The highest BCUT2D eigenvalue weighted by Crippen LogP contribution is 2.21. The van der Waals surface area contributed by atoms with Crippen molar-refractivity contribution in [2.45, 2.75) is 13.8 Å². The molecule has 0 saturated carbocycles. The predicted octanol–water partition coefficient (Wildman–Crippen LogP) is 4.26. The molecule has 2 aromatic carbocycles. The van der Waals surface area contributed by atoms with E-state index in [-0.39, 0.29) is 5.89 Å². The fourth-order valence-electron chi connectivity index (χ4n) is 2.07. The summed E-state index contributed by atoms with van der Waals surface area (Å²) in [5.74, 6) is -0.237. The minimum Gasteiger partial charge on any atom is -0.412 e. The van der Waals surface area contributed by atoms with Gasteiger partial charge in [0.1, 0.15) is 0 Å². The van der Waals surface area contributed by atoms with Gasteiger partial charge in [0.15, 0.2) is 0 Å². The lowest BCUT2D eigenvalue weighted by Crippen LogP contribution is -2.13. The van der Waals surface area contributed by atoms with Crippen LogP contribution in [0.3, 0.4) is 0 Å². The molecule has 6 heteroatoms. The molecule has 1 N–H and O–H groups in total. The van der Waals surface area contributed by atoms with Crippen molar-refractivity contribution in [2.75, 3.05) is 5.32 Å². The van der Waals surface area contributed by atoms with Crippen molar-refractivity contribution in [3.05, 3.63) is 64.5 Å².